The van der Waals surface area contributed by atoms with Gasteiger partial charge in [-0.1, -0.05) is 41.4 Å². The highest BCUT2D eigenvalue weighted by atomic mass is 79.9. The van der Waals surface area contributed by atoms with Crippen molar-refractivity contribution >= 4 is 15.9 Å². The minimum absolute atomic E-state index is 0.179. The van der Waals surface area contributed by atoms with Crippen LogP contribution in [0.25, 0.3) is 0 Å². The number of aliphatic hydroxyl groups is 2. The summed E-state index contributed by atoms with van der Waals surface area (Å²) in [5.41, 5.74) is 0.947. The Morgan fingerprint density at radius 3 is 2.42 bits per heavy atom. The van der Waals surface area contributed by atoms with Gasteiger partial charge >= 0.3 is 0 Å². The molecule has 0 spiro atoms. The van der Waals surface area contributed by atoms with Crippen LogP contribution in [0.4, 0.5) is 0 Å². The van der Waals surface area contributed by atoms with E-state index in [-0.39, 0.29) is 6.61 Å². The predicted octanol–water partition coefficient (Wildman–Crippen LogP) is 2.97. The molecule has 1 rings (SSSR count). The molecule has 0 saturated heterocycles. The SMILES string of the molecule is CCCCN(CCO)CCC(O)c1ccc(Br)cc1. The van der Waals surface area contributed by atoms with E-state index in [4.69, 9.17) is 5.11 Å². The molecule has 19 heavy (non-hydrogen) atoms. The summed E-state index contributed by atoms with van der Waals surface area (Å²) in [6.07, 6.45) is 2.55. The molecule has 0 fully saturated rings. The second-order valence-corrected chi connectivity index (χ2v) is 5.69. The highest BCUT2D eigenvalue weighted by molar-refractivity contribution is 9.10. The summed E-state index contributed by atoms with van der Waals surface area (Å²) in [5.74, 6) is 0. The van der Waals surface area contributed by atoms with Crippen LogP contribution in [0.3, 0.4) is 0 Å². The van der Waals surface area contributed by atoms with E-state index in [1.807, 2.05) is 24.3 Å². The molecule has 0 aliphatic carbocycles. The molecule has 1 aromatic rings. The largest absolute Gasteiger partial charge is 0.395 e. The van der Waals surface area contributed by atoms with E-state index in [1.165, 1.54) is 0 Å². The minimum atomic E-state index is -0.434. The van der Waals surface area contributed by atoms with Crippen LogP contribution in [-0.2, 0) is 0 Å². The van der Waals surface area contributed by atoms with Crippen LogP contribution in [0, 0.1) is 0 Å². The maximum absolute atomic E-state index is 10.1. The van der Waals surface area contributed by atoms with Crippen LogP contribution in [0.15, 0.2) is 28.7 Å². The lowest BCUT2D eigenvalue weighted by Crippen LogP contribution is -2.30. The molecule has 0 heterocycles. The molecule has 1 atom stereocenters. The number of benzene rings is 1. The van der Waals surface area contributed by atoms with Crippen molar-refractivity contribution in [1.82, 2.24) is 4.90 Å². The first-order chi connectivity index (χ1) is 9.17. The van der Waals surface area contributed by atoms with Crippen molar-refractivity contribution < 1.29 is 10.2 Å². The Morgan fingerprint density at radius 2 is 1.84 bits per heavy atom. The Hall–Kier alpha value is -0.420. The highest BCUT2D eigenvalue weighted by Gasteiger charge is 2.10. The van der Waals surface area contributed by atoms with E-state index in [0.717, 1.165) is 36.0 Å². The Balaban J connectivity index is 2.41. The van der Waals surface area contributed by atoms with Crippen LogP contribution in [-0.4, -0.2) is 41.4 Å². The molecule has 3 nitrogen and oxygen atoms in total. The van der Waals surface area contributed by atoms with E-state index in [1.54, 1.807) is 0 Å². The van der Waals surface area contributed by atoms with E-state index >= 15 is 0 Å². The van der Waals surface area contributed by atoms with Gasteiger partial charge in [0.2, 0.25) is 0 Å². The van der Waals surface area contributed by atoms with E-state index in [2.05, 4.69) is 27.8 Å². The van der Waals surface area contributed by atoms with Crippen molar-refractivity contribution in [2.75, 3.05) is 26.2 Å². The van der Waals surface area contributed by atoms with Crippen LogP contribution in [0.2, 0.25) is 0 Å². The average Bonchev–Trinajstić information content (AvgIpc) is 2.42. The van der Waals surface area contributed by atoms with E-state index in [9.17, 15) is 5.11 Å². The Morgan fingerprint density at radius 1 is 1.16 bits per heavy atom. The topological polar surface area (TPSA) is 43.7 Å². The smallest absolute Gasteiger partial charge is 0.0802 e. The lowest BCUT2D eigenvalue weighted by molar-refractivity contribution is 0.130. The van der Waals surface area contributed by atoms with Crippen molar-refractivity contribution in [3.8, 4) is 0 Å². The fourth-order valence-corrected chi connectivity index (χ4v) is 2.28. The standard InChI is InChI=1S/C15H24BrNO2/c1-2-3-9-17(11-12-18)10-8-15(19)13-4-6-14(16)7-5-13/h4-7,15,18-19H,2-3,8-12H2,1H3. The molecule has 0 saturated carbocycles. The molecule has 0 aliphatic rings. The summed E-state index contributed by atoms with van der Waals surface area (Å²) >= 11 is 3.39. The summed E-state index contributed by atoms with van der Waals surface area (Å²) in [7, 11) is 0. The molecule has 1 unspecified atom stereocenters. The first kappa shape index (κ1) is 16.6. The van der Waals surface area contributed by atoms with Gasteiger partial charge in [0.05, 0.1) is 12.7 Å². The molecule has 108 valence electrons. The Kier molecular flexibility index (Phi) is 8.30. The molecule has 4 heteroatoms. The summed E-state index contributed by atoms with van der Waals surface area (Å²) in [5, 5.41) is 19.2. The quantitative estimate of drug-likeness (QED) is 0.732. The second kappa shape index (κ2) is 9.48. The molecule has 2 N–H and O–H groups in total. The fourth-order valence-electron chi connectivity index (χ4n) is 2.02. The first-order valence-electron chi connectivity index (χ1n) is 6.94. The van der Waals surface area contributed by atoms with Crippen LogP contribution in [0.5, 0.6) is 0 Å². The number of halogens is 1. The maximum Gasteiger partial charge on any atom is 0.0802 e. The normalized spacial score (nSPS) is 12.9. The Labute approximate surface area is 124 Å². The monoisotopic (exact) mass is 329 g/mol. The first-order valence-corrected chi connectivity index (χ1v) is 7.73. The van der Waals surface area contributed by atoms with Gasteiger partial charge in [0.1, 0.15) is 0 Å². The molecular weight excluding hydrogens is 306 g/mol. The summed E-state index contributed by atoms with van der Waals surface area (Å²) in [4.78, 5) is 2.21. The van der Waals surface area contributed by atoms with Crippen molar-refractivity contribution in [2.45, 2.75) is 32.3 Å². The lowest BCUT2D eigenvalue weighted by Gasteiger charge is -2.22. The third kappa shape index (κ3) is 6.52. The van der Waals surface area contributed by atoms with Gasteiger partial charge < -0.3 is 15.1 Å². The zero-order valence-electron chi connectivity index (χ0n) is 11.6. The van der Waals surface area contributed by atoms with Crippen LogP contribution in [0.1, 0.15) is 37.9 Å². The third-order valence-electron chi connectivity index (χ3n) is 3.22. The summed E-state index contributed by atoms with van der Waals surface area (Å²) in [6.45, 7) is 4.83. The van der Waals surface area contributed by atoms with Gasteiger partial charge in [-0.2, -0.15) is 0 Å². The molecule has 0 aromatic heterocycles. The molecule has 0 radical (unpaired) electrons. The highest BCUT2D eigenvalue weighted by Crippen LogP contribution is 2.19. The van der Waals surface area contributed by atoms with Crippen molar-refractivity contribution in [2.24, 2.45) is 0 Å². The number of aliphatic hydroxyl groups excluding tert-OH is 2. The van der Waals surface area contributed by atoms with Crippen LogP contribution >= 0.6 is 15.9 Å². The van der Waals surface area contributed by atoms with Crippen molar-refractivity contribution in [1.29, 1.82) is 0 Å². The summed E-state index contributed by atoms with van der Waals surface area (Å²) < 4.78 is 1.02. The van der Waals surface area contributed by atoms with Crippen molar-refractivity contribution in [3.05, 3.63) is 34.3 Å². The fraction of sp³-hybridized carbons (Fsp3) is 0.600. The van der Waals surface area contributed by atoms with Gasteiger partial charge in [-0.15, -0.1) is 0 Å². The third-order valence-corrected chi connectivity index (χ3v) is 3.75. The number of nitrogens with zero attached hydrogens (tertiary/aromatic N) is 1. The Bertz CT molecular complexity index is 343. The van der Waals surface area contributed by atoms with Gasteiger partial charge in [0.25, 0.3) is 0 Å². The zero-order valence-corrected chi connectivity index (χ0v) is 13.1. The van der Waals surface area contributed by atoms with E-state index < -0.39 is 6.10 Å². The number of unbranched alkanes of at least 4 members (excludes halogenated alkanes) is 1. The maximum atomic E-state index is 10.1. The molecule has 0 amide bonds. The van der Waals surface area contributed by atoms with Gasteiger partial charge in [-0.25, -0.2) is 0 Å². The van der Waals surface area contributed by atoms with Crippen LogP contribution < -0.4 is 0 Å². The molecule has 0 aliphatic heterocycles. The number of hydrogen-bond donors (Lipinski definition) is 2. The average molecular weight is 330 g/mol. The molecular formula is C15H24BrNO2. The molecule has 0 bridgehead atoms. The summed E-state index contributed by atoms with van der Waals surface area (Å²) in [6, 6.07) is 7.77. The molecule has 1 aromatic carbocycles. The number of rotatable bonds is 9. The zero-order chi connectivity index (χ0) is 14.1. The van der Waals surface area contributed by atoms with Crippen molar-refractivity contribution in [3.63, 3.8) is 0 Å². The second-order valence-electron chi connectivity index (χ2n) is 4.77. The predicted molar refractivity (Wildman–Crippen MR) is 82.2 cm³/mol. The van der Waals surface area contributed by atoms with E-state index in [0.29, 0.717) is 13.0 Å². The van der Waals surface area contributed by atoms with Gasteiger partial charge in [-0.05, 0) is 37.1 Å². The number of hydrogen-bond acceptors (Lipinski definition) is 3. The van der Waals surface area contributed by atoms with Gasteiger partial charge in [0.15, 0.2) is 0 Å². The van der Waals surface area contributed by atoms with Gasteiger partial charge in [0, 0.05) is 17.6 Å². The van der Waals surface area contributed by atoms with Gasteiger partial charge in [-0.3, -0.25) is 0 Å². The minimum Gasteiger partial charge on any atom is -0.395 e. The lowest BCUT2D eigenvalue weighted by atomic mass is 10.1.